The number of aryl methyl sites for hydroxylation is 1. The van der Waals surface area contributed by atoms with Gasteiger partial charge < -0.3 is 9.47 Å². The van der Waals surface area contributed by atoms with Crippen LogP contribution in [0.5, 0.6) is 0 Å². The van der Waals surface area contributed by atoms with E-state index in [0.717, 1.165) is 25.0 Å². The molecule has 0 N–H and O–H groups in total. The van der Waals surface area contributed by atoms with E-state index in [9.17, 15) is 22.8 Å². The topological polar surface area (TPSA) is 60.1 Å². The number of likely N-dealkylation sites (tertiary alicyclic amines) is 1. The minimum atomic E-state index is -4.63. The molecule has 0 unspecified atom stereocenters. The second kappa shape index (κ2) is 7.46. The lowest BCUT2D eigenvalue weighted by atomic mass is 10.0. The molecule has 1 saturated heterocycles. The molecule has 158 valence electrons. The van der Waals surface area contributed by atoms with Gasteiger partial charge in [0.1, 0.15) is 18.5 Å². The number of amides is 1. The Morgan fingerprint density at radius 3 is 2.60 bits per heavy atom. The summed E-state index contributed by atoms with van der Waals surface area (Å²) in [6, 6.07) is 3.51. The summed E-state index contributed by atoms with van der Waals surface area (Å²) < 4.78 is 42.6. The number of carbonyl (C=O) groups excluding carboxylic acids is 1. The van der Waals surface area contributed by atoms with Gasteiger partial charge in [0.2, 0.25) is 5.91 Å². The van der Waals surface area contributed by atoms with E-state index in [1.807, 2.05) is 0 Å². The van der Waals surface area contributed by atoms with Gasteiger partial charge in [-0.1, -0.05) is 17.7 Å². The summed E-state index contributed by atoms with van der Waals surface area (Å²) in [5.74, 6) is -0.181. The normalized spacial score (nSPS) is 14.6. The first kappa shape index (κ1) is 20.5. The lowest BCUT2D eigenvalue weighted by Gasteiger charge is -2.15. The molecular formula is C20H18ClF3N4O2. The maximum atomic E-state index is 13.3. The van der Waals surface area contributed by atoms with Crippen LogP contribution in [-0.4, -0.2) is 38.0 Å². The van der Waals surface area contributed by atoms with Crippen LogP contribution >= 0.6 is 11.6 Å². The second-order valence-corrected chi connectivity index (χ2v) is 7.72. The van der Waals surface area contributed by atoms with Crippen LogP contribution in [0.3, 0.4) is 0 Å². The van der Waals surface area contributed by atoms with Crippen LogP contribution in [0.15, 0.2) is 35.5 Å². The van der Waals surface area contributed by atoms with E-state index in [1.54, 1.807) is 22.7 Å². The number of halogens is 4. The van der Waals surface area contributed by atoms with E-state index in [1.165, 1.54) is 17.0 Å². The molecule has 0 saturated carbocycles. The molecule has 1 amide bonds. The molecule has 4 rings (SSSR count). The van der Waals surface area contributed by atoms with Crippen LogP contribution in [0, 0.1) is 0 Å². The Kier molecular flexibility index (Phi) is 5.09. The standard InChI is InChI=1S/C20H18ClF3N4O2/c1-26-9-13(12-4-5-15(21)14(8-12)20(22,23)24)17-18(26)25-11-28(19(17)30)10-16(29)27-6-2-3-7-27/h4-5,8-9,11H,2-3,6-7,10H2,1H3. The Labute approximate surface area is 174 Å². The minimum absolute atomic E-state index is 0.157. The Bertz CT molecular complexity index is 1190. The van der Waals surface area contributed by atoms with Crippen LogP contribution in [-0.2, 0) is 24.6 Å². The van der Waals surface area contributed by atoms with Gasteiger partial charge in [-0.2, -0.15) is 13.2 Å². The third-order valence-electron chi connectivity index (χ3n) is 5.29. The van der Waals surface area contributed by atoms with E-state index in [4.69, 9.17) is 11.6 Å². The molecule has 0 spiro atoms. The number of aromatic nitrogens is 3. The van der Waals surface area contributed by atoms with E-state index >= 15 is 0 Å². The van der Waals surface area contributed by atoms with Gasteiger partial charge in [0, 0.05) is 31.9 Å². The van der Waals surface area contributed by atoms with Gasteiger partial charge >= 0.3 is 6.18 Å². The first-order valence-electron chi connectivity index (χ1n) is 9.36. The highest BCUT2D eigenvalue weighted by Gasteiger charge is 2.33. The highest BCUT2D eigenvalue weighted by molar-refractivity contribution is 6.31. The van der Waals surface area contributed by atoms with Gasteiger partial charge in [0.15, 0.2) is 0 Å². The molecule has 1 fully saturated rings. The van der Waals surface area contributed by atoms with Crippen molar-refractivity contribution in [1.29, 1.82) is 0 Å². The molecule has 0 bridgehead atoms. The molecule has 1 aliphatic rings. The number of benzene rings is 1. The third-order valence-corrected chi connectivity index (χ3v) is 5.62. The van der Waals surface area contributed by atoms with E-state index in [0.29, 0.717) is 24.3 Å². The van der Waals surface area contributed by atoms with Crippen LogP contribution in [0.25, 0.3) is 22.2 Å². The Morgan fingerprint density at radius 2 is 1.93 bits per heavy atom. The Balaban J connectivity index is 1.82. The molecule has 6 nitrogen and oxygen atoms in total. The molecule has 0 atom stereocenters. The van der Waals surface area contributed by atoms with E-state index < -0.39 is 22.3 Å². The molecule has 10 heteroatoms. The fraction of sp³-hybridized carbons (Fsp3) is 0.350. The van der Waals surface area contributed by atoms with Crippen molar-refractivity contribution in [3.8, 4) is 11.1 Å². The number of fused-ring (bicyclic) bond motifs is 1. The molecule has 3 heterocycles. The molecule has 0 radical (unpaired) electrons. The monoisotopic (exact) mass is 438 g/mol. The fourth-order valence-corrected chi connectivity index (χ4v) is 3.98. The van der Waals surface area contributed by atoms with Gasteiger partial charge in [0.25, 0.3) is 5.56 Å². The average Bonchev–Trinajstić information content (AvgIpc) is 3.32. The van der Waals surface area contributed by atoms with Gasteiger partial charge in [0.05, 0.1) is 16.0 Å². The molecule has 2 aromatic heterocycles. The SMILES string of the molecule is Cn1cc(-c2ccc(Cl)c(C(F)(F)F)c2)c2c(=O)n(CC(=O)N3CCCC3)cnc21. The zero-order valence-corrected chi connectivity index (χ0v) is 16.8. The molecular weight excluding hydrogens is 421 g/mol. The highest BCUT2D eigenvalue weighted by atomic mass is 35.5. The van der Waals surface area contributed by atoms with Gasteiger partial charge in [-0.05, 0) is 30.5 Å². The van der Waals surface area contributed by atoms with Crippen molar-refractivity contribution in [3.05, 3.63) is 51.7 Å². The predicted octanol–water partition coefficient (Wildman–Crippen LogP) is 3.70. The van der Waals surface area contributed by atoms with Crippen LogP contribution < -0.4 is 5.56 Å². The van der Waals surface area contributed by atoms with Crippen LogP contribution in [0.1, 0.15) is 18.4 Å². The maximum absolute atomic E-state index is 13.3. The highest BCUT2D eigenvalue weighted by Crippen LogP contribution is 2.38. The van der Waals surface area contributed by atoms with Gasteiger partial charge in [-0.3, -0.25) is 14.2 Å². The third kappa shape index (κ3) is 3.58. The van der Waals surface area contributed by atoms with Crippen molar-refractivity contribution in [2.24, 2.45) is 7.05 Å². The van der Waals surface area contributed by atoms with Crippen molar-refractivity contribution >= 4 is 28.5 Å². The number of rotatable bonds is 3. The quantitative estimate of drug-likeness (QED) is 0.626. The molecule has 3 aromatic rings. The summed E-state index contributed by atoms with van der Waals surface area (Å²) in [5, 5.41) is -0.261. The minimum Gasteiger partial charge on any atom is -0.341 e. The summed E-state index contributed by atoms with van der Waals surface area (Å²) in [7, 11) is 1.65. The Morgan fingerprint density at radius 1 is 1.23 bits per heavy atom. The lowest BCUT2D eigenvalue weighted by Crippen LogP contribution is -2.34. The van der Waals surface area contributed by atoms with Crippen LogP contribution in [0.4, 0.5) is 13.2 Å². The van der Waals surface area contributed by atoms with Crippen LogP contribution in [0.2, 0.25) is 5.02 Å². The summed E-state index contributed by atoms with van der Waals surface area (Å²) in [6.45, 7) is 1.15. The summed E-state index contributed by atoms with van der Waals surface area (Å²) >= 11 is 5.72. The molecule has 1 aromatic carbocycles. The van der Waals surface area contributed by atoms with Gasteiger partial charge in [-0.25, -0.2) is 4.98 Å². The zero-order valence-electron chi connectivity index (χ0n) is 16.0. The zero-order chi connectivity index (χ0) is 21.6. The molecule has 30 heavy (non-hydrogen) atoms. The van der Waals surface area contributed by atoms with Crippen molar-refractivity contribution < 1.29 is 18.0 Å². The second-order valence-electron chi connectivity index (χ2n) is 7.31. The smallest absolute Gasteiger partial charge is 0.341 e. The van der Waals surface area contributed by atoms with Gasteiger partial charge in [-0.15, -0.1) is 0 Å². The summed E-state index contributed by atoms with van der Waals surface area (Å²) in [6.07, 6.45) is 0.0799. The predicted molar refractivity (Wildman–Crippen MR) is 106 cm³/mol. The summed E-state index contributed by atoms with van der Waals surface area (Å²) in [4.78, 5) is 31.5. The Hall–Kier alpha value is -2.81. The maximum Gasteiger partial charge on any atom is 0.417 e. The molecule has 0 aliphatic carbocycles. The van der Waals surface area contributed by atoms with Crippen molar-refractivity contribution in [3.63, 3.8) is 0 Å². The fourth-order valence-electron chi connectivity index (χ4n) is 3.76. The number of hydrogen-bond acceptors (Lipinski definition) is 3. The first-order chi connectivity index (χ1) is 14.2. The number of nitrogens with zero attached hydrogens (tertiary/aromatic N) is 4. The van der Waals surface area contributed by atoms with Crippen molar-refractivity contribution in [1.82, 2.24) is 19.0 Å². The molecule has 1 aliphatic heterocycles. The van der Waals surface area contributed by atoms with E-state index in [2.05, 4.69) is 4.98 Å². The first-order valence-corrected chi connectivity index (χ1v) is 9.74. The number of hydrogen-bond donors (Lipinski definition) is 0. The average molecular weight is 439 g/mol. The number of carbonyl (C=O) groups is 1. The number of alkyl halides is 3. The summed E-state index contributed by atoms with van der Waals surface area (Å²) in [5.41, 5.74) is -0.642. The van der Waals surface area contributed by atoms with Crippen molar-refractivity contribution in [2.75, 3.05) is 13.1 Å². The van der Waals surface area contributed by atoms with Crippen molar-refractivity contribution in [2.45, 2.75) is 25.6 Å². The van der Waals surface area contributed by atoms with E-state index in [-0.39, 0.29) is 23.4 Å². The largest absolute Gasteiger partial charge is 0.417 e. The lowest BCUT2D eigenvalue weighted by molar-refractivity contribution is -0.137.